The monoisotopic (exact) mass is 699 g/mol. The molecule has 0 aliphatic heterocycles. The zero-order chi connectivity index (χ0) is 30.2. The van der Waals surface area contributed by atoms with Crippen LogP contribution in [0.25, 0.3) is 0 Å². The second kappa shape index (κ2) is 26.8. The van der Waals surface area contributed by atoms with E-state index >= 15 is 0 Å². The predicted octanol–water partition coefficient (Wildman–Crippen LogP) is 2.49. The van der Waals surface area contributed by atoms with Crippen LogP contribution in [0.4, 0.5) is 9.59 Å². The van der Waals surface area contributed by atoms with Crippen LogP contribution in [0.15, 0.2) is 0 Å². The topological polar surface area (TPSA) is 83.1 Å². The third-order valence-electron chi connectivity index (χ3n) is 6.85. The zero-order valence-corrected chi connectivity index (χ0v) is 30.1. The number of likely N-dealkylation sites (N-methyl/N-ethyl adjacent to an activating group) is 1. The number of hydrogen-bond acceptors (Lipinski definition) is 6. The Morgan fingerprint density at radius 3 is 1.41 bits per heavy atom. The first kappa shape index (κ1) is 42.3. The molecule has 0 rings (SSSR count). The van der Waals surface area contributed by atoms with E-state index < -0.39 is 24.4 Å². The average Bonchev–Trinajstić information content (AvgIpc) is 2.85. The molecule has 9 nitrogen and oxygen atoms in total. The van der Waals surface area contributed by atoms with Crippen LogP contribution < -0.4 is 34.6 Å². The minimum absolute atomic E-state index is 0. The van der Waals surface area contributed by atoms with E-state index in [2.05, 4.69) is 48.5 Å². The molecule has 0 aromatic heterocycles. The number of unbranched alkanes of at least 4 members (excludes halogenated alkanes) is 10. The van der Waals surface area contributed by atoms with Gasteiger partial charge in [-0.25, -0.2) is 9.59 Å². The van der Waals surface area contributed by atoms with Crippen LogP contribution in [0.3, 0.4) is 0 Å². The Bertz CT molecular complexity index is 632. The maximum Gasteiger partial charge on any atom is 0.407 e. The highest BCUT2D eigenvalue weighted by Gasteiger charge is 2.33. The lowest BCUT2D eigenvalue weighted by atomic mass is 10.0. The van der Waals surface area contributed by atoms with Crippen molar-refractivity contribution in [1.82, 2.24) is 20.4 Å². The molecular weight excluding hydrogens is 633 g/mol. The number of carbonyl (C=O) groups excluding carboxylic acids is 2. The summed E-state index contributed by atoms with van der Waals surface area (Å²) in [6.45, 7) is 5.69. The zero-order valence-electron chi connectivity index (χ0n) is 27.9. The van der Waals surface area contributed by atoms with Gasteiger partial charge in [-0.1, -0.05) is 71.1 Å². The van der Waals surface area contributed by atoms with Gasteiger partial charge in [0.05, 0.1) is 21.1 Å². The van der Waals surface area contributed by atoms with E-state index in [0.29, 0.717) is 30.5 Å². The summed E-state index contributed by atoms with van der Waals surface area (Å²) in [5.41, 5.74) is 0. The number of hydrogen-bond donors (Lipinski definition) is 2. The first-order chi connectivity index (χ1) is 18.9. The molecule has 0 saturated carbocycles. The molecule has 41 heavy (non-hydrogen) atoms. The molecule has 10 heteroatoms. The van der Waals surface area contributed by atoms with Crippen molar-refractivity contribution in [1.29, 1.82) is 0 Å². The summed E-state index contributed by atoms with van der Waals surface area (Å²) in [4.78, 5) is 29.6. The number of halogens is 1. The van der Waals surface area contributed by atoms with Gasteiger partial charge in [-0.2, -0.15) is 0 Å². The van der Waals surface area contributed by atoms with Gasteiger partial charge >= 0.3 is 12.2 Å². The molecule has 2 amide bonds. The van der Waals surface area contributed by atoms with Crippen molar-refractivity contribution in [2.75, 3.05) is 82.1 Å². The summed E-state index contributed by atoms with van der Waals surface area (Å²) < 4.78 is 12.4. The van der Waals surface area contributed by atoms with Crippen molar-refractivity contribution >= 4 is 12.2 Å². The molecule has 0 aromatic carbocycles. The average molecular weight is 700 g/mol. The molecule has 0 aliphatic carbocycles. The fraction of sp³-hybridized carbons (Fsp3) is 0.935. The highest BCUT2D eigenvalue weighted by molar-refractivity contribution is 5.68. The lowest BCUT2D eigenvalue weighted by Gasteiger charge is -2.33. The van der Waals surface area contributed by atoms with Gasteiger partial charge in [0, 0.05) is 13.1 Å². The molecule has 0 spiro atoms. The standard InChI is InChI=1S/C31H65N5O4.HI/c1-9-10-11-12-13-14-15-16-17-18-19-22-28(39-30(37)32-23-20-25-34(2)3)29(27-36(6,7)8)40-31(38)33-24-21-26-35(4)5;/h28-29H,9-27H2,1-8H3,(H-,32,33,37,38);1H. The largest absolute Gasteiger partial charge is 1.00 e. The van der Waals surface area contributed by atoms with Gasteiger partial charge in [0.15, 0.2) is 6.10 Å². The third-order valence-corrected chi connectivity index (χ3v) is 6.85. The van der Waals surface area contributed by atoms with E-state index in [4.69, 9.17) is 9.47 Å². The Morgan fingerprint density at radius 2 is 1.02 bits per heavy atom. The highest BCUT2D eigenvalue weighted by atomic mass is 127. The number of nitrogens with one attached hydrogen (secondary N) is 2. The Balaban J connectivity index is 0. The normalized spacial score (nSPS) is 13.0. The van der Waals surface area contributed by atoms with Crippen LogP contribution in [0.5, 0.6) is 0 Å². The van der Waals surface area contributed by atoms with E-state index in [0.717, 1.165) is 38.8 Å². The van der Waals surface area contributed by atoms with Crippen LogP contribution in [0.1, 0.15) is 96.8 Å². The molecule has 2 unspecified atom stereocenters. The van der Waals surface area contributed by atoms with Crippen molar-refractivity contribution in [3.05, 3.63) is 0 Å². The summed E-state index contributed by atoms with van der Waals surface area (Å²) in [7, 11) is 14.2. The second-order valence-corrected chi connectivity index (χ2v) is 12.9. The first-order valence-corrected chi connectivity index (χ1v) is 15.9. The maximum atomic E-state index is 12.7. The molecule has 0 radical (unpaired) electrons. The second-order valence-electron chi connectivity index (χ2n) is 12.9. The van der Waals surface area contributed by atoms with E-state index in [9.17, 15) is 9.59 Å². The number of rotatable bonds is 25. The maximum absolute atomic E-state index is 12.7. The third kappa shape index (κ3) is 29.0. The minimum Gasteiger partial charge on any atom is -1.00 e. The smallest absolute Gasteiger partial charge is 0.407 e. The molecule has 0 saturated heterocycles. The lowest BCUT2D eigenvalue weighted by molar-refractivity contribution is -0.873. The van der Waals surface area contributed by atoms with Gasteiger partial charge < -0.3 is 58.4 Å². The lowest BCUT2D eigenvalue weighted by Crippen LogP contribution is -3.00. The fourth-order valence-electron chi connectivity index (χ4n) is 4.63. The van der Waals surface area contributed by atoms with E-state index in [-0.39, 0.29) is 24.0 Å². The number of carbonyl (C=O) groups is 2. The van der Waals surface area contributed by atoms with Gasteiger partial charge in [-0.05, 0) is 67.0 Å². The van der Waals surface area contributed by atoms with Crippen molar-refractivity contribution < 1.29 is 47.5 Å². The Labute approximate surface area is 270 Å². The molecule has 0 fully saturated rings. The highest BCUT2D eigenvalue weighted by Crippen LogP contribution is 2.18. The predicted molar refractivity (Wildman–Crippen MR) is 167 cm³/mol. The number of quaternary nitrogens is 1. The van der Waals surface area contributed by atoms with Crippen molar-refractivity contribution in [2.45, 2.75) is 109 Å². The van der Waals surface area contributed by atoms with Gasteiger partial charge in [-0.15, -0.1) is 0 Å². The number of nitrogens with zero attached hydrogens (tertiary/aromatic N) is 3. The van der Waals surface area contributed by atoms with Gasteiger partial charge in [0.25, 0.3) is 0 Å². The molecule has 0 heterocycles. The number of ether oxygens (including phenoxy) is 2. The van der Waals surface area contributed by atoms with Crippen LogP contribution >= 0.6 is 0 Å². The van der Waals surface area contributed by atoms with Crippen LogP contribution in [-0.4, -0.2) is 121 Å². The molecule has 0 aromatic rings. The Hall–Kier alpha value is -0.850. The van der Waals surface area contributed by atoms with Crippen molar-refractivity contribution in [3.63, 3.8) is 0 Å². The quantitative estimate of drug-likeness (QED) is 0.0867. The fourth-order valence-corrected chi connectivity index (χ4v) is 4.63. The molecule has 2 N–H and O–H groups in total. The van der Waals surface area contributed by atoms with Gasteiger partial charge in [-0.3, -0.25) is 0 Å². The van der Waals surface area contributed by atoms with Crippen LogP contribution in [0, 0.1) is 0 Å². The summed E-state index contributed by atoms with van der Waals surface area (Å²) in [6, 6.07) is 0. The minimum atomic E-state index is -0.524. The summed E-state index contributed by atoms with van der Waals surface area (Å²) in [6.07, 6.45) is 14.3. The van der Waals surface area contributed by atoms with E-state index in [1.807, 2.05) is 28.2 Å². The van der Waals surface area contributed by atoms with Crippen LogP contribution in [0.2, 0.25) is 0 Å². The van der Waals surface area contributed by atoms with E-state index in [1.165, 1.54) is 57.8 Å². The molecule has 246 valence electrons. The SMILES string of the molecule is CCCCCCCCCCCCCC(OC(=O)NCCCN(C)C)C(C[N+](C)(C)C)OC(=O)NCCCN(C)C.[I-]. The summed E-state index contributed by atoms with van der Waals surface area (Å²) >= 11 is 0. The Kier molecular flexibility index (Phi) is 27.6. The van der Waals surface area contributed by atoms with E-state index in [1.54, 1.807) is 0 Å². The van der Waals surface area contributed by atoms with Gasteiger partial charge in [0.1, 0.15) is 12.6 Å². The molecule has 2 atom stereocenters. The van der Waals surface area contributed by atoms with Crippen LogP contribution in [-0.2, 0) is 9.47 Å². The summed E-state index contributed by atoms with van der Waals surface area (Å²) in [5, 5.41) is 5.75. The van der Waals surface area contributed by atoms with Crippen molar-refractivity contribution in [3.8, 4) is 0 Å². The Morgan fingerprint density at radius 1 is 0.634 bits per heavy atom. The first-order valence-electron chi connectivity index (χ1n) is 15.9. The number of amides is 2. The molecule has 0 bridgehead atoms. The van der Waals surface area contributed by atoms with Gasteiger partial charge in [0.2, 0.25) is 0 Å². The van der Waals surface area contributed by atoms with Crippen molar-refractivity contribution in [2.24, 2.45) is 0 Å². The number of alkyl carbamates (subject to hydrolysis) is 2. The molecule has 0 aliphatic rings. The summed E-state index contributed by atoms with van der Waals surface area (Å²) in [5.74, 6) is 0. The molecular formula is C31H66IN5O4.